The second-order valence-corrected chi connectivity index (χ2v) is 0.373. The summed E-state index contributed by atoms with van der Waals surface area (Å²) in [7, 11) is 0. The van der Waals surface area contributed by atoms with Crippen molar-refractivity contribution >= 4 is 37.7 Å². The van der Waals surface area contributed by atoms with Crippen LogP contribution in [0.1, 0.15) is 0 Å². The fourth-order valence-electron chi connectivity index (χ4n) is 0. The van der Waals surface area contributed by atoms with Gasteiger partial charge in [-0.1, -0.05) is 0 Å². The SMILES string of the molecule is O=N[O-].O=N[O-].O=N[O-].O=N[O-].O=N[O-].[Ca+2].[Eu+3]. The first-order valence-corrected chi connectivity index (χ1v) is 1.83. The molecule has 0 unspecified atom stereocenters. The van der Waals surface area contributed by atoms with Gasteiger partial charge < -0.3 is 50.6 Å². The Bertz CT molecular complexity index is 97.0. The smallest absolute Gasteiger partial charge is 0.444 e. The molecule has 0 rings (SSSR count). The first-order chi connectivity index (χ1) is 7.07. The average Bonchev–Trinajstić information content (AvgIpc) is 2.09. The summed E-state index contributed by atoms with van der Waals surface area (Å²) in [6, 6.07) is 0. The van der Waals surface area contributed by atoms with Crippen LogP contribution in [0, 0.1) is 99.9 Å². The van der Waals surface area contributed by atoms with Crippen LogP contribution < -0.4 is 0 Å². The van der Waals surface area contributed by atoms with E-state index in [1.165, 1.54) is 0 Å². The van der Waals surface area contributed by atoms with Gasteiger partial charge in [0.05, 0.1) is 0 Å². The van der Waals surface area contributed by atoms with Crippen molar-refractivity contribution in [1.82, 2.24) is 0 Å². The van der Waals surface area contributed by atoms with Crippen LogP contribution >= 0.6 is 0 Å². The van der Waals surface area contributed by atoms with Crippen LogP contribution in [0.4, 0.5) is 0 Å². The Morgan fingerprint density at radius 3 is 0.471 bits per heavy atom. The largest absolute Gasteiger partial charge is 3.00 e. The van der Waals surface area contributed by atoms with Crippen molar-refractivity contribution < 1.29 is 49.4 Å². The average molecular weight is 422 g/mol. The zero-order valence-electron chi connectivity index (χ0n) is 7.40. The van der Waals surface area contributed by atoms with E-state index in [0.29, 0.717) is 0 Å². The maximum Gasteiger partial charge on any atom is 3.00 e. The monoisotopic (exact) mass is 423 g/mol. The van der Waals surface area contributed by atoms with Crippen LogP contribution in [0.15, 0.2) is 26.7 Å². The molecule has 94 valence electrons. The van der Waals surface area contributed by atoms with Crippen molar-refractivity contribution in [1.29, 1.82) is 0 Å². The molecule has 0 aromatic carbocycles. The van der Waals surface area contributed by atoms with E-state index in [2.05, 4.69) is 0 Å². The van der Waals surface area contributed by atoms with Crippen LogP contribution in [-0.2, 0) is 0 Å². The maximum absolute atomic E-state index is 8.00. The molecule has 0 radical (unpaired) electrons. The molecule has 0 spiro atoms. The molecule has 0 amide bonds. The topological polar surface area (TPSA) is 262 Å². The third kappa shape index (κ3) is 125000. The van der Waals surface area contributed by atoms with Gasteiger partial charge >= 0.3 is 87.1 Å². The van der Waals surface area contributed by atoms with E-state index in [-0.39, 0.29) is 87.1 Å². The predicted octanol–water partition coefficient (Wildman–Crippen LogP) is 0.872. The minimum Gasteiger partial charge on any atom is -0.444 e. The van der Waals surface area contributed by atoms with Crippen LogP contribution in [0.3, 0.4) is 0 Å². The van der Waals surface area contributed by atoms with Gasteiger partial charge in [-0.25, -0.2) is 0 Å². The molecule has 0 atom stereocenters. The van der Waals surface area contributed by atoms with Gasteiger partial charge in [0.15, 0.2) is 0 Å². The summed E-state index contributed by atoms with van der Waals surface area (Å²) in [4.78, 5) is 40.0. The van der Waals surface area contributed by atoms with Crippen molar-refractivity contribution in [3.63, 3.8) is 0 Å². The molecular weight excluding hydrogens is 422 g/mol. The molecule has 0 aromatic rings. The van der Waals surface area contributed by atoms with E-state index in [9.17, 15) is 0 Å². The number of nitrogens with zero attached hydrogens (tertiary/aromatic N) is 5. The van der Waals surface area contributed by atoms with Gasteiger partial charge in [-0.3, -0.25) is 0 Å². The second kappa shape index (κ2) is 149. The molecule has 0 saturated heterocycles. The van der Waals surface area contributed by atoms with Crippen molar-refractivity contribution in [2.75, 3.05) is 0 Å². The predicted molar refractivity (Wildman–Crippen MR) is 51.6 cm³/mol. The first-order valence-electron chi connectivity index (χ1n) is 1.83. The van der Waals surface area contributed by atoms with Crippen LogP contribution in [-0.4, -0.2) is 37.7 Å². The molecule has 0 bridgehead atoms. The van der Waals surface area contributed by atoms with Gasteiger partial charge in [-0.05, 0) is 0 Å². The maximum atomic E-state index is 8.00. The molecule has 0 aliphatic rings. The van der Waals surface area contributed by atoms with E-state index in [0.717, 1.165) is 26.7 Å². The summed E-state index contributed by atoms with van der Waals surface area (Å²) >= 11 is 0. The van der Waals surface area contributed by atoms with Gasteiger partial charge in [0.2, 0.25) is 0 Å². The van der Waals surface area contributed by atoms with Gasteiger partial charge in [0.1, 0.15) is 0 Å². The number of hydrogen-bond acceptors (Lipinski definition) is 15. The Kier molecular flexibility index (Phi) is 382. The van der Waals surface area contributed by atoms with E-state index < -0.39 is 0 Å². The summed E-state index contributed by atoms with van der Waals surface area (Å²) in [5.41, 5.74) is 0. The standard InChI is InChI=1S/Ca.Eu.5HNO2/c;;5*2-1-3/h;;5*(H,2,3)/q+2;+3;;;;;/p-5. The van der Waals surface area contributed by atoms with Crippen molar-refractivity contribution in [2.45, 2.75) is 0 Å². The Morgan fingerprint density at radius 1 is 0.471 bits per heavy atom. The Morgan fingerprint density at radius 2 is 0.471 bits per heavy atom. The summed E-state index contributed by atoms with van der Waals surface area (Å²) in [5.74, 6) is 0. The first kappa shape index (κ1) is 43.6. The summed E-state index contributed by atoms with van der Waals surface area (Å²) < 4.78 is 0. The third-order valence-corrected chi connectivity index (χ3v) is 0. The third-order valence-electron chi connectivity index (χ3n) is 0. The normalized spacial score (nSPS) is 3.53. The molecule has 15 nitrogen and oxygen atoms in total. The molecule has 0 heterocycles. The van der Waals surface area contributed by atoms with Crippen LogP contribution in [0.2, 0.25) is 0 Å². The quantitative estimate of drug-likeness (QED) is 0.302. The van der Waals surface area contributed by atoms with Crippen molar-refractivity contribution in [3.8, 4) is 0 Å². The summed E-state index contributed by atoms with van der Waals surface area (Å²) in [6.07, 6.45) is 0. The molecule has 0 N–H and O–H groups in total. The molecule has 17 heteroatoms. The molecule has 0 aliphatic carbocycles. The summed E-state index contributed by atoms with van der Waals surface area (Å²) in [6.45, 7) is 0. The van der Waals surface area contributed by atoms with E-state index in [1.54, 1.807) is 0 Å². The van der Waals surface area contributed by atoms with Crippen LogP contribution in [0.5, 0.6) is 0 Å². The van der Waals surface area contributed by atoms with Gasteiger partial charge in [-0.15, -0.1) is 26.7 Å². The zero-order chi connectivity index (χ0) is 13.5. The molecule has 0 saturated carbocycles. The zero-order valence-corrected chi connectivity index (χ0v) is 12.0. The number of hydrogen-bond donors (Lipinski definition) is 0. The van der Waals surface area contributed by atoms with Gasteiger partial charge in [0.25, 0.3) is 0 Å². The molecule has 17 heavy (non-hydrogen) atoms. The number of rotatable bonds is 0. The molecule has 0 fully saturated rings. The Labute approximate surface area is 162 Å². The fourth-order valence-corrected chi connectivity index (χ4v) is 0. The van der Waals surface area contributed by atoms with E-state index in [1.807, 2.05) is 0 Å². The molecule has 0 aromatic heterocycles. The Hall–Kier alpha value is -0.156. The minimum atomic E-state index is 0. The second-order valence-electron chi connectivity index (χ2n) is 0.373. The Balaban J connectivity index is -0.0000000143. The molecule has 0 aliphatic heterocycles. The minimum absolute atomic E-state index is 0. The van der Waals surface area contributed by atoms with Crippen molar-refractivity contribution in [2.24, 2.45) is 26.7 Å². The molecular formula is CaEuN5O10. The van der Waals surface area contributed by atoms with Gasteiger partial charge in [-0.2, -0.15) is 0 Å². The van der Waals surface area contributed by atoms with E-state index in [4.69, 9.17) is 50.6 Å². The van der Waals surface area contributed by atoms with Crippen molar-refractivity contribution in [3.05, 3.63) is 50.6 Å². The van der Waals surface area contributed by atoms with E-state index >= 15 is 0 Å². The van der Waals surface area contributed by atoms with Gasteiger partial charge in [0, 0.05) is 0 Å². The van der Waals surface area contributed by atoms with Crippen LogP contribution in [0.25, 0.3) is 0 Å². The fraction of sp³-hybridized carbons (Fsp3) is 0. The summed E-state index contributed by atoms with van der Waals surface area (Å²) in [5, 5.41) is 45.0.